The van der Waals surface area contributed by atoms with Gasteiger partial charge in [-0.2, -0.15) is 4.98 Å². The fourth-order valence-electron chi connectivity index (χ4n) is 6.23. The Labute approximate surface area is 178 Å². The normalized spacial score (nSPS) is 28.9. The minimum absolute atomic E-state index is 0.716. The van der Waals surface area contributed by atoms with Crippen molar-refractivity contribution in [2.24, 2.45) is 0 Å². The van der Waals surface area contributed by atoms with Crippen molar-refractivity contribution in [3.8, 4) is 0 Å². The zero-order valence-electron chi connectivity index (χ0n) is 17.8. The van der Waals surface area contributed by atoms with E-state index in [9.17, 15) is 0 Å². The molecule has 3 aliphatic rings. The van der Waals surface area contributed by atoms with Gasteiger partial charge in [0, 0.05) is 51.5 Å². The van der Waals surface area contributed by atoms with E-state index in [1.807, 2.05) is 24.3 Å². The lowest BCUT2D eigenvalue weighted by molar-refractivity contribution is 0.203. The molecule has 30 heavy (non-hydrogen) atoms. The number of rotatable bonds is 3. The second-order valence-electron chi connectivity index (χ2n) is 9.38. The Morgan fingerprint density at radius 2 is 2.07 bits per heavy atom. The summed E-state index contributed by atoms with van der Waals surface area (Å²) in [6, 6.07) is 17.6. The number of quaternary nitrogens is 1. The Morgan fingerprint density at radius 1 is 1.13 bits per heavy atom. The van der Waals surface area contributed by atoms with Crippen molar-refractivity contribution in [3.63, 3.8) is 0 Å². The van der Waals surface area contributed by atoms with Crippen LogP contribution in [0.1, 0.15) is 37.3 Å². The van der Waals surface area contributed by atoms with Crippen LogP contribution in [0, 0.1) is 0 Å². The number of hydrogen-bond donors (Lipinski definition) is 1. The zero-order valence-corrected chi connectivity index (χ0v) is 17.8. The van der Waals surface area contributed by atoms with Gasteiger partial charge in [0.2, 0.25) is 0 Å². The van der Waals surface area contributed by atoms with E-state index in [-0.39, 0.29) is 0 Å². The van der Waals surface area contributed by atoms with Crippen molar-refractivity contribution in [2.45, 2.75) is 51.2 Å². The summed E-state index contributed by atoms with van der Waals surface area (Å²) in [5.74, 6) is 0. The maximum Gasteiger partial charge on any atom is 0.298 e. The molecule has 2 saturated heterocycles. The minimum Gasteiger partial charge on any atom is -0.423 e. The molecule has 1 unspecified atom stereocenters. The lowest BCUT2D eigenvalue weighted by Crippen LogP contribution is -2.59. The van der Waals surface area contributed by atoms with Crippen molar-refractivity contribution in [2.75, 3.05) is 31.1 Å². The Kier molecular flexibility index (Phi) is 4.36. The fourth-order valence-corrected chi connectivity index (χ4v) is 6.23. The van der Waals surface area contributed by atoms with Gasteiger partial charge in [-0.15, -0.1) is 0 Å². The van der Waals surface area contributed by atoms with Gasteiger partial charge in [0.25, 0.3) is 6.01 Å². The van der Waals surface area contributed by atoms with Crippen LogP contribution < -0.4 is 14.7 Å². The number of likely N-dealkylation sites (tertiary alicyclic amines) is 1. The van der Waals surface area contributed by atoms with E-state index >= 15 is 0 Å². The molecule has 3 aliphatic heterocycles. The minimum atomic E-state index is 0.716. The first kappa shape index (κ1) is 18.4. The van der Waals surface area contributed by atoms with E-state index in [0.717, 1.165) is 49.2 Å². The van der Waals surface area contributed by atoms with Crippen LogP contribution in [0.25, 0.3) is 11.1 Å². The molecule has 5 nitrogen and oxygen atoms in total. The number of nitrogens with zero attached hydrogens (tertiary/aromatic N) is 3. The molecule has 0 saturated carbocycles. The monoisotopic (exact) mass is 403 g/mol. The van der Waals surface area contributed by atoms with Gasteiger partial charge in [0.15, 0.2) is 5.58 Å². The van der Waals surface area contributed by atoms with E-state index < -0.39 is 0 Å². The average molecular weight is 404 g/mol. The number of hydrogen-bond acceptors (Lipinski definition) is 4. The molecule has 1 aromatic heterocycles. The summed E-state index contributed by atoms with van der Waals surface area (Å²) in [5.41, 5.74) is 6.29. The molecule has 0 amide bonds. The van der Waals surface area contributed by atoms with Crippen LogP contribution in [-0.2, 0) is 13.0 Å². The number of aromatic nitrogens is 1. The second-order valence-corrected chi connectivity index (χ2v) is 9.38. The topological polar surface area (TPSA) is 41.3 Å². The molecule has 2 fully saturated rings. The molecule has 3 atom stereocenters. The van der Waals surface area contributed by atoms with Crippen molar-refractivity contribution in [1.82, 2.24) is 14.8 Å². The molecule has 1 N–H and O–H groups in total. The largest absolute Gasteiger partial charge is 0.423 e. The van der Waals surface area contributed by atoms with Gasteiger partial charge in [0.1, 0.15) is 17.2 Å². The molecule has 156 valence electrons. The number of para-hydroxylation sites is 2. The SMILES string of the molecule is C[C@H]1CCC[N+]1(c1ccc2c(c1)CCN(c1nc3ccccc3o1)C2)[C@H]1CCNC1. The molecular formula is C25H31N4O+. The van der Waals surface area contributed by atoms with Gasteiger partial charge >= 0.3 is 0 Å². The fraction of sp³-hybridized carbons (Fsp3) is 0.480. The summed E-state index contributed by atoms with van der Waals surface area (Å²) >= 11 is 0. The van der Waals surface area contributed by atoms with Crippen LogP contribution in [0.2, 0.25) is 0 Å². The molecule has 5 heteroatoms. The third-order valence-electron chi connectivity index (χ3n) is 7.86. The molecule has 4 heterocycles. The Morgan fingerprint density at radius 3 is 2.87 bits per heavy atom. The lowest BCUT2D eigenvalue weighted by atomic mass is 9.96. The van der Waals surface area contributed by atoms with Crippen LogP contribution in [0.5, 0.6) is 0 Å². The highest BCUT2D eigenvalue weighted by Gasteiger charge is 2.48. The maximum atomic E-state index is 6.03. The van der Waals surface area contributed by atoms with Crippen molar-refractivity contribution in [1.29, 1.82) is 0 Å². The first-order chi connectivity index (χ1) is 14.7. The predicted molar refractivity (Wildman–Crippen MR) is 122 cm³/mol. The van der Waals surface area contributed by atoms with Gasteiger partial charge in [-0.05, 0) is 42.7 Å². The molecular weight excluding hydrogens is 372 g/mol. The smallest absolute Gasteiger partial charge is 0.298 e. The maximum absolute atomic E-state index is 6.03. The highest BCUT2D eigenvalue weighted by atomic mass is 16.4. The Hall–Kier alpha value is -2.37. The summed E-state index contributed by atoms with van der Waals surface area (Å²) in [6.45, 7) is 7.93. The molecule has 0 spiro atoms. The highest BCUT2D eigenvalue weighted by Crippen LogP contribution is 2.40. The highest BCUT2D eigenvalue weighted by molar-refractivity contribution is 5.74. The van der Waals surface area contributed by atoms with Gasteiger partial charge in [0.05, 0.1) is 12.6 Å². The van der Waals surface area contributed by atoms with Crippen molar-refractivity contribution >= 4 is 22.8 Å². The van der Waals surface area contributed by atoms with Crippen molar-refractivity contribution < 1.29 is 4.42 Å². The average Bonchev–Trinajstić information content (AvgIpc) is 3.52. The third kappa shape index (κ3) is 2.79. The van der Waals surface area contributed by atoms with Crippen LogP contribution in [0.3, 0.4) is 0 Å². The summed E-state index contributed by atoms with van der Waals surface area (Å²) in [6.07, 6.45) is 5.05. The quantitative estimate of drug-likeness (QED) is 0.664. The van der Waals surface area contributed by atoms with Crippen LogP contribution in [0.15, 0.2) is 46.9 Å². The molecule has 2 aromatic carbocycles. The summed E-state index contributed by atoms with van der Waals surface area (Å²) in [7, 11) is 0. The standard InChI is InChI=1S/C25H31N4O/c1-18-5-4-14-29(18,22-10-12-26-16-22)21-9-8-20-17-28(13-11-19(20)15-21)25-27-23-6-2-3-7-24(23)30-25/h2-3,6-9,15,18,22,26H,4-5,10-14,16-17H2,1H3/q+1/t18-,22-,29?/m0/s1. The molecule has 0 bridgehead atoms. The molecule has 0 aliphatic carbocycles. The molecule has 6 rings (SSSR count). The Bertz CT molecular complexity index is 1040. The zero-order chi connectivity index (χ0) is 20.1. The number of oxazole rings is 1. The second kappa shape index (κ2) is 7.10. The first-order valence-electron chi connectivity index (χ1n) is 11.5. The molecule has 3 aromatic rings. The van der Waals surface area contributed by atoms with Gasteiger partial charge < -0.3 is 14.6 Å². The number of benzene rings is 2. The van der Waals surface area contributed by atoms with E-state index in [0.29, 0.717) is 6.04 Å². The van der Waals surface area contributed by atoms with Gasteiger partial charge in [-0.25, -0.2) is 0 Å². The van der Waals surface area contributed by atoms with Gasteiger partial charge in [-0.1, -0.05) is 18.2 Å². The lowest BCUT2D eigenvalue weighted by Gasteiger charge is -2.44. The number of nitrogens with one attached hydrogen (secondary N) is 1. The Balaban J connectivity index is 1.31. The number of fused-ring (bicyclic) bond motifs is 2. The summed E-state index contributed by atoms with van der Waals surface area (Å²) < 4.78 is 7.22. The molecule has 0 radical (unpaired) electrons. The van der Waals surface area contributed by atoms with Crippen molar-refractivity contribution in [3.05, 3.63) is 53.6 Å². The number of anilines is 1. The predicted octanol–water partition coefficient (Wildman–Crippen LogP) is 4.24. The summed E-state index contributed by atoms with van der Waals surface area (Å²) in [5, 5.41) is 3.62. The van der Waals surface area contributed by atoms with Gasteiger partial charge in [-0.3, -0.25) is 4.48 Å². The van der Waals surface area contributed by atoms with Crippen LogP contribution in [-0.4, -0.2) is 43.2 Å². The summed E-state index contributed by atoms with van der Waals surface area (Å²) in [4.78, 5) is 7.00. The first-order valence-corrected chi connectivity index (χ1v) is 11.5. The third-order valence-corrected chi connectivity index (χ3v) is 7.86. The van der Waals surface area contributed by atoms with Crippen LogP contribution >= 0.6 is 0 Å². The van der Waals surface area contributed by atoms with Crippen LogP contribution in [0.4, 0.5) is 11.7 Å². The van der Waals surface area contributed by atoms with E-state index in [1.54, 1.807) is 5.69 Å². The van der Waals surface area contributed by atoms with E-state index in [1.165, 1.54) is 48.0 Å². The van der Waals surface area contributed by atoms with E-state index in [2.05, 4.69) is 35.3 Å². The van der Waals surface area contributed by atoms with E-state index in [4.69, 9.17) is 9.40 Å².